The molecule has 0 aliphatic carbocycles. The highest BCUT2D eigenvalue weighted by molar-refractivity contribution is 5.29. The van der Waals surface area contributed by atoms with Crippen LogP contribution in [0.2, 0.25) is 0 Å². The van der Waals surface area contributed by atoms with Crippen molar-refractivity contribution >= 4 is 0 Å². The number of hydrogen-bond acceptors (Lipinski definition) is 4. The third-order valence-electron chi connectivity index (χ3n) is 2.00. The fraction of sp³-hybridized carbons (Fsp3) is 0.444. The molecule has 1 aromatic heterocycles. The zero-order chi connectivity index (χ0) is 12.5. The van der Waals surface area contributed by atoms with Gasteiger partial charge in [-0.1, -0.05) is 6.92 Å². The Morgan fingerprint density at radius 2 is 2.06 bits per heavy atom. The SMILES string of the molecule is CCc1occ(C(O)C(F)(F)F)c(=O)c1O. The van der Waals surface area contributed by atoms with E-state index in [2.05, 4.69) is 4.42 Å². The molecule has 0 saturated heterocycles. The number of alkyl halides is 3. The van der Waals surface area contributed by atoms with E-state index >= 15 is 0 Å². The van der Waals surface area contributed by atoms with Gasteiger partial charge in [0.15, 0.2) is 6.10 Å². The molecule has 16 heavy (non-hydrogen) atoms. The maximum Gasteiger partial charge on any atom is 0.418 e. The lowest BCUT2D eigenvalue weighted by Gasteiger charge is -2.14. The molecule has 1 heterocycles. The van der Waals surface area contributed by atoms with Crippen LogP contribution in [0.25, 0.3) is 0 Å². The summed E-state index contributed by atoms with van der Waals surface area (Å²) in [6.07, 6.45) is -7.27. The van der Waals surface area contributed by atoms with Crippen LogP contribution in [0.5, 0.6) is 5.75 Å². The van der Waals surface area contributed by atoms with Crippen LogP contribution in [-0.4, -0.2) is 16.4 Å². The zero-order valence-electron chi connectivity index (χ0n) is 8.21. The first-order chi connectivity index (χ1) is 7.29. The fourth-order valence-electron chi connectivity index (χ4n) is 1.12. The standard InChI is InChI=1S/C9H9F3O4/c1-2-5-7(14)6(13)4(3-16-5)8(15)9(10,11)12/h3,8,14-15H,2H2,1H3. The van der Waals surface area contributed by atoms with E-state index < -0.39 is 29.0 Å². The third-order valence-corrected chi connectivity index (χ3v) is 2.00. The minimum atomic E-state index is -4.98. The van der Waals surface area contributed by atoms with Gasteiger partial charge in [-0.25, -0.2) is 0 Å². The Bertz CT molecular complexity index is 435. The van der Waals surface area contributed by atoms with Crippen LogP contribution in [0.4, 0.5) is 13.2 Å². The van der Waals surface area contributed by atoms with Crippen molar-refractivity contribution in [2.45, 2.75) is 25.6 Å². The van der Waals surface area contributed by atoms with E-state index in [-0.39, 0.29) is 12.2 Å². The number of aryl methyl sites for hydroxylation is 1. The van der Waals surface area contributed by atoms with Gasteiger partial charge in [-0.05, 0) is 0 Å². The molecular formula is C9H9F3O4. The summed E-state index contributed by atoms with van der Waals surface area (Å²) in [4.78, 5) is 11.3. The predicted molar refractivity (Wildman–Crippen MR) is 47.0 cm³/mol. The summed E-state index contributed by atoms with van der Waals surface area (Å²) in [5, 5.41) is 18.0. The zero-order valence-corrected chi connectivity index (χ0v) is 8.21. The highest BCUT2D eigenvalue weighted by atomic mass is 19.4. The topological polar surface area (TPSA) is 70.7 Å². The number of rotatable bonds is 2. The molecule has 0 aromatic carbocycles. The van der Waals surface area contributed by atoms with Crippen LogP contribution in [0.15, 0.2) is 15.5 Å². The lowest BCUT2D eigenvalue weighted by atomic mass is 10.1. The van der Waals surface area contributed by atoms with Crippen molar-refractivity contribution in [1.29, 1.82) is 0 Å². The van der Waals surface area contributed by atoms with Crippen LogP contribution in [0, 0.1) is 0 Å². The van der Waals surface area contributed by atoms with Gasteiger partial charge in [0.2, 0.25) is 11.2 Å². The average Bonchev–Trinajstić information content (AvgIpc) is 2.20. The molecule has 0 fully saturated rings. The molecule has 0 radical (unpaired) electrons. The maximum absolute atomic E-state index is 12.1. The summed E-state index contributed by atoms with van der Waals surface area (Å²) in [6.45, 7) is 1.55. The fourth-order valence-corrected chi connectivity index (χ4v) is 1.12. The summed E-state index contributed by atoms with van der Waals surface area (Å²) in [5.74, 6) is -1.02. The van der Waals surface area contributed by atoms with E-state index in [0.717, 1.165) is 0 Å². The molecule has 1 rings (SSSR count). The molecule has 2 N–H and O–H groups in total. The first-order valence-corrected chi connectivity index (χ1v) is 4.37. The van der Waals surface area contributed by atoms with E-state index in [9.17, 15) is 23.1 Å². The van der Waals surface area contributed by atoms with Crippen LogP contribution in [0.3, 0.4) is 0 Å². The Hall–Kier alpha value is -1.50. The molecule has 0 aliphatic heterocycles. The highest BCUT2D eigenvalue weighted by Crippen LogP contribution is 2.31. The van der Waals surface area contributed by atoms with Gasteiger partial charge in [0, 0.05) is 6.42 Å². The quantitative estimate of drug-likeness (QED) is 0.819. The second-order valence-electron chi connectivity index (χ2n) is 3.09. The van der Waals surface area contributed by atoms with Crippen molar-refractivity contribution in [2.24, 2.45) is 0 Å². The largest absolute Gasteiger partial charge is 0.502 e. The van der Waals surface area contributed by atoms with E-state index in [0.29, 0.717) is 6.26 Å². The molecule has 4 nitrogen and oxygen atoms in total. The van der Waals surface area contributed by atoms with Crippen LogP contribution in [0.1, 0.15) is 24.4 Å². The van der Waals surface area contributed by atoms with Crippen molar-refractivity contribution in [3.8, 4) is 5.75 Å². The number of aromatic hydroxyl groups is 1. The molecule has 0 saturated carbocycles. The first kappa shape index (κ1) is 12.6. The molecule has 1 atom stereocenters. The molecule has 90 valence electrons. The predicted octanol–water partition coefficient (Wildman–Crippen LogP) is 1.50. The summed E-state index contributed by atoms with van der Waals surface area (Å²) < 4.78 is 41.0. The summed E-state index contributed by atoms with van der Waals surface area (Å²) in [7, 11) is 0. The molecule has 0 aliphatic rings. The lowest BCUT2D eigenvalue weighted by Crippen LogP contribution is -2.26. The first-order valence-electron chi connectivity index (χ1n) is 4.37. The van der Waals surface area contributed by atoms with Crippen LogP contribution >= 0.6 is 0 Å². The molecule has 1 aromatic rings. The van der Waals surface area contributed by atoms with Crippen LogP contribution < -0.4 is 5.43 Å². The third kappa shape index (κ3) is 2.19. The highest BCUT2D eigenvalue weighted by Gasteiger charge is 2.41. The summed E-state index contributed by atoms with van der Waals surface area (Å²) >= 11 is 0. The minimum absolute atomic E-state index is 0.122. The Morgan fingerprint density at radius 3 is 2.50 bits per heavy atom. The van der Waals surface area contributed by atoms with Gasteiger partial charge < -0.3 is 14.6 Å². The Kier molecular flexibility index (Phi) is 3.27. The number of hydrogen-bond donors (Lipinski definition) is 2. The van der Waals surface area contributed by atoms with E-state index in [1.54, 1.807) is 6.92 Å². The van der Waals surface area contributed by atoms with Crippen molar-refractivity contribution in [2.75, 3.05) is 0 Å². The molecule has 0 spiro atoms. The Labute approximate surface area is 87.9 Å². The van der Waals surface area contributed by atoms with Gasteiger partial charge in [0.05, 0.1) is 5.56 Å². The molecule has 0 bridgehead atoms. The molecule has 0 amide bonds. The van der Waals surface area contributed by atoms with E-state index in [1.807, 2.05) is 0 Å². The van der Waals surface area contributed by atoms with Gasteiger partial charge in [-0.2, -0.15) is 13.2 Å². The van der Waals surface area contributed by atoms with E-state index in [4.69, 9.17) is 5.11 Å². The smallest absolute Gasteiger partial charge is 0.418 e. The normalized spacial score (nSPS) is 13.8. The number of aliphatic hydroxyl groups is 1. The maximum atomic E-state index is 12.1. The molecule has 1 unspecified atom stereocenters. The summed E-state index contributed by atoms with van der Waals surface area (Å²) in [6, 6.07) is 0. The molecular weight excluding hydrogens is 229 g/mol. The minimum Gasteiger partial charge on any atom is -0.502 e. The monoisotopic (exact) mass is 238 g/mol. The number of aliphatic hydroxyl groups excluding tert-OH is 1. The Morgan fingerprint density at radius 1 is 1.50 bits per heavy atom. The lowest BCUT2D eigenvalue weighted by molar-refractivity contribution is -0.207. The van der Waals surface area contributed by atoms with Gasteiger partial charge in [-0.3, -0.25) is 4.79 Å². The average molecular weight is 238 g/mol. The van der Waals surface area contributed by atoms with Gasteiger partial charge in [-0.15, -0.1) is 0 Å². The van der Waals surface area contributed by atoms with Crippen molar-refractivity contribution in [3.05, 3.63) is 27.8 Å². The van der Waals surface area contributed by atoms with Crippen molar-refractivity contribution in [3.63, 3.8) is 0 Å². The van der Waals surface area contributed by atoms with Gasteiger partial charge in [0.1, 0.15) is 12.0 Å². The van der Waals surface area contributed by atoms with Gasteiger partial charge in [0.25, 0.3) is 0 Å². The van der Waals surface area contributed by atoms with E-state index in [1.165, 1.54) is 0 Å². The second-order valence-corrected chi connectivity index (χ2v) is 3.09. The molecule has 7 heteroatoms. The number of halogens is 3. The van der Waals surface area contributed by atoms with Crippen molar-refractivity contribution < 1.29 is 27.8 Å². The Balaban J connectivity index is 3.28. The second kappa shape index (κ2) is 4.17. The van der Waals surface area contributed by atoms with Gasteiger partial charge >= 0.3 is 6.18 Å². The summed E-state index contributed by atoms with van der Waals surface area (Å²) in [5.41, 5.74) is -2.30. The van der Waals surface area contributed by atoms with Crippen LogP contribution in [-0.2, 0) is 6.42 Å². The van der Waals surface area contributed by atoms with Crippen molar-refractivity contribution in [1.82, 2.24) is 0 Å².